The normalized spacial score (nSPS) is 21.1. The first-order chi connectivity index (χ1) is 8.38. The molecule has 7 heteroatoms. The Morgan fingerprint density at radius 3 is 2.83 bits per heavy atom. The first kappa shape index (κ1) is 12.9. The van der Waals surface area contributed by atoms with E-state index in [0.29, 0.717) is 18.8 Å². The van der Waals surface area contributed by atoms with Gasteiger partial charge in [0.1, 0.15) is 5.82 Å². The molecule has 1 atom stereocenters. The molecule has 2 N–H and O–H groups in total. The summed E-state index contributed by atoms with van der Waals surface area (Å²) in [6.07, 6.45) is -1.92. The summed E-state index contributed by atoms with van der Waals surface area (Å²) < 4.78 is 38.2. The SMILES string of the molecule is Cc1cnc(N)nc1N1CCCC(C(F)(F)F)C1. The molecule has 1 aromatic rings. The van der Waals surface area contributed by atoms with E-state index in [-0.39, 0.29) is 18.9 Å². The van der Waals surface area contributed by atoms with E-state index in [9.17, 15) is 13.2 Å². The number of piperidine rings is 1. The number of rotatable bonds is 1. The van der Waals surface area contributed by atoms with Crippen LogP contribution >= 0.6 is 0 Å². The molecule has 0 bridgehead atoms. The lowest BCUT2D eigenvalue weighted by molar-refractivity contribution is -0.176. The average molecular weight is 260 g/mol. The van der Waals surface area contributed by atoms with Gasteiger partial charge < -0.3 is 10.6 Å². The Bertz CT molecular complexity index is 433. The fraction of sp³-hybridized carbons (Fsp3) is 0.636. The van der Waals surface area contributed by atoms with E-state index in [1.165, 1.54) is 6.20 Å². The number of anilines is 2. The van der Waals surface area contributed by atoms with Gasteiger partial charge in [-0.05, 0) is 19.8 Å². The molecule has 1 aliphatic heterocycles. The van der Waals surface area contributed by atoms with E-state index >= 15 is 0 Å². The molecule has 18 heavy (non-hydrogen) atoms. The second-order valence-corrected chi connectivity index (χ2v) is 4.56. The van der Waals surface area contributed by atoms with E-state index < -0.39 is 12.1 Å². The van der Waals surface area contributed by atoms with E-state index in [1.54, 1.807) is 11.8 Å². The number of nitrogen functional groups attached to an aromatic ring is 1. The van der Waals surface area contributed by atoms with Gasteiger partial charge >= 0.3 is 6.18 Å². The summed E-state index contributed by atoms with van der Waals surface area (Å²) in [4.78, 5) is 9.51. The Balaban J connectivity index is 2.21. The van der Waals surface area contributed by atoms with Gasteiger partial charge in [-0.15, -0.1) is 0 Å². The Morgan fingerprint density at radius 2 is 2.17 bits per heavy atom. The molecule has 1 fully saturated rings. The van der Waals surface area contributed by atoms with E-state index in [4.69, 9.17) is 5.73 Å². The summed E-state index contributed by atoms with van der Waals surface area (Å²) in [6, 6.07) is 0. The molecule has 1 unspecified atom stereocenters. The van der Waals surface area contributed by atoms with Crippen molar-refractivity contribution in [1.82, 2.24) is 9.97 Å². The minimum Gasteiger partial charge on any atom is -0.368 e. The van der Waals surface area contributed by atoms with Gasteiger partial charge in [-0.3, -0.25) is 0 Å². The van der Waals surface area contributed by atoms with Crippen LogP contribution in [0.25, 0.3) is 0 Å². The third-order valence-electron chi connectivity index (χ3n) is 3.15. The Labute approximate surface area is 103 Å². The zero-order valence-electron chi connectivity index (χ0n) is 10.0. The second-order valence-electron chi connectivity index (χ2n) is 4.56. The predicted octanol–water partition coefficient (Wildman–Crippen LogP) is 2.15. The van der Waals surface area contributed by atoms with Crippen LogP contribution in [0.3, 0.4) is 0 Å². The van der Waals surface area contributed by atoms with Gasteiger partial charge in [0, 0.05) is 24.8 Å². The average Bonchev–Trinajstić information content (AvgIpc) is 2.31. The first-order valence-electron chi connectivity index (χ1n) is 5.78. The Hall–Kier alpha value is -1.53. The molecule has 2 heterocycles. The number of hydrogen-bond acceptors (Lipinski definition) is 4. The van der Waals surface area contributed by atoms with Crippen molar-refractivity contribution in [2.45, 2.75) is 25.9 Å². The van der Waals surface area contributed by atoms with Gasteiger partial charge in [0.25, 0.3) is 0 Å². The molecular weight excluding hydrogens is 245 g/mol. The van der Waals surface area contributed by atoms with Crippen LogP contribution in [-0.2, 0) is 0 Å². The van der Waals surface area contributed by atoms with Crippen molar-refractivity contribution in [2.24, 2.45) is 5.92 Å². The molecule has 1 aliphatic rings. The lowest BCUT2D eigenvalue weighted by Gasteiger charge is -2.35. The molecule has 0 radical (unpaired) electrons. The van der Waals surface area contributed by atoms with Gasteiger partial charge in [0.15, 0.2) is 0 Å². The zero-order valence-corrected chi connectivity index (χ0v) is 10.0. The molecule has 4 nitrogen and oxygen atoms in total. The van der Waals surface area contributed by atoms with Crippen molar-refractivity contribution in [2.75, 3.05) is 23.7 Å². The number of nitrogens with two attached hydrogens (primary N) is 1. The van der Waals surface area contributed by atoms with Crippen molar-refractivity contribution in [1.29, 1.82) is 0 Å². The fourth-order valence-corrected chi connectivity index (χ4v) is 2.20. The van der Waals surface area contributed by atoms with E-state index in [1.807, 2.05) is 0 Å². The number of halogens is 3. The van der Waals surface area contributed by atoms with Crippen LogP contribution in [-0.4, -0.2) is 29.2 Å². The molecule has 1 aromatic heterocycles. The highest BCUT2D eigenvalue weighted by Crippen LogP contribution is 2.34. The molecular formula is C11H15F3N4. The zero-order chi connectivity index (χ0) is 13.3. The summed E-state index contributed by atoms with van der Waals surface area (Å²) in [5, 5.41) is 0. The molecule has 1 saturated heterocycles. The molecule has 2 rings (SSSR count). The molecule has 0 spiro atoms. The van der Waals surface area contributed by atoms with Gasteiger partial charge in [0.2, 0.25) is 5.95 Å². The van der Waals surface area contributed by atoms with Crippen LogP contribution < -0.4 is 10.6 Å². The minimum atomic E-state index is -4.15. The number of hydrogen-bond donors (Lipinski definition) is 1. The number of alkyl halides is 3. The van der Waals surface area contributed by atoms with Gasteiger partial charge in [0.05, 0.1) is 5.92 Å². The van der Waals surface area contributed by atoms with Crippen molar-refractivity contribution < 1.29 is 13.2 Å². The van der Waals surface area contributed by atoms with Crippen LogP contribution in [0.15, 0.2) is 6.20 Å². The highest BCUT2D eigenvalue weighted by molar-refractivity contribution is 5.48. The van der Waals surface area contributed by atoms with Crippen LogP contribution in [0.1, 0.15) is 18.4 Å². The third-order valence-corrected chi connectivity index (χ3v) is 3.15. The maximum absolute atomic E-state index is 12.7. The molecule has 0 saturated carbocycles. The third kappa shape index (κ3) is 2.65. The smallest absolute Gasteiger partial charge is 0.368 e. The van der Waals surface area contributed by atoms with Crippen molar-refractivity contribution in [3.8, 4) is 0 Å². The quantitative estimate of drug-likeness (QED) is 0.840. The molecule has 0 aromatic carbocycles. The highest BCUT2D eigenvalue weighted by atomic mass is 19.4. The molecule has 0 aliphatic carbocycles. The van der Waals surface area contributed by atoms with Gasteiger partial charge in [-0.1, -0.05) is 0 Å². The fourth-order valence-electron chi connectivity index (χ4n) is 2.20. The monoisotopic (exact) mass is 260 g/mol. The first-order valence-corrected chi connectivity index (χ1v) is 5.78. The number of aromatic nitrogens is 2. The summed E-state index contributed by atoms with van der Waals surface area (Å²) in [7, 11) is 0. The molecule has 100 valence electrons. The topological polar surface area (TPSA) is 55.0 Å². The highest BCUT2D eigenvalue weighted by Gasteiger charge is 2.42. The summed E-state index contributed by atoms with van der Waals surface area (Å²) in [6.45, 7) is 2.29. The largest absolute Gasteiger partial charge is 0.393 e. The standard InChI is InChI=1S/C11H15F3N4/c1-7-5-16-10(15)17-9(7)18-4-2-3-8(6-18)11(12,13)14/h5,8H,2-4,6H2,1H3,(H2,15,16,17). The van der Waals surface area contributed by atoms with Crippen LogP contribution in [0.5, 0.6) is 0 Å². The summed E-state index contributed by atoms with van der Waals surface area (Å²) in [5.41, 5.74) is 6.23. The lowest BCUT2D eigenvalue weighted by atomic mass is 9.97. The maximum Gasteiger partial charge on any atom is 0.393 e. The van der Waals surface area contributed by atoms with E-state index in [0.717, 1.165) is 5.56 Å². The van der Waals surface area contributed by atoms with Crippen LogP contribution in [0.4, 0.5) is 24.9 Å². The Morgan fingerprint density at radius 1 is 1.44 bits per heavy atom. The number of nitrogens with zero attached hydrogens (tertiary/aromatic N) is 3. The predicted molar refractivity (Wildman–Crippen MR) is 62.2 cm³/mol. The van der Waals surface area contributed by atoms with Gasteiger partial charge in [-0.2, -0.15) is 18.2 Å². The van der Waals surface area contributed by atoms with Crippen LogP contribution in [0.2, 0.25) is 0 Å². The summed E-state index contributed by atoms with van der Waals surface area (Å²) in [5.74, 6) is -0.692. The maximum atomic E-state index is 12.7. The van der Waals surface area contributed by atoms with Crippen molar-refractivity contribution in [3.05, 3.63) is 11.8 Å². The molecule has 0 amide bonds. The van der Waals surface area contributed by atoms with E-state index in [2.05, 4.69) is 9.97 Å². The lowest BCUT2D eigenvalue weighted by Crippen LogP contribution is -2.42. The Kier molecular flexibility index (Phi) is 3.32. The van der Waals surface area contributed by atoms with Crippen molar-refractivity contribution >= 4 is 11.8 Å². The minimum absolute atomic E-state index is 0.0548. The van der Waals surface area contributed by atoms with Gasteiger partial charge in [-0.25, -0.2) is 4.98 Å². The number of aryl methyl sites for hydroxylation is 1. The van der Waals surface area contributed by atoms with Crippen molar-refractivity contribution in [3.63, 3.8) is 0 Å². The second kappa shape index (κ2) is 4.62. The summed E-state index contributed by atoms with van der Waals surface area (Å²) >= 11 is 0. The van der Waals surface area contributed by atoms with Crippen LogP contribution in [0, 0.1) is 12.8 Å².